The summed E-state index contributed by atoms with van der Waals surface area (Å²) in [6, 6.07) is 0. The number of hydrogen-bond acceptors (Lipinski definition) is 6. The summed E-state index contributed by atoms with van der Waals surface area (Å²) < 4.78 is 4.99. The molecular formula is C18H31N7O2. The molecule has 0 radical (unpaired) electrons. The zero-order valence-corrected chi connectivity index (χ0v) is 16.5. The number of nitrogens with zero attached hydrogens (tertiary/aromatic N) is 6. The molecule has 2 aliphatic rings. The third-order valence-electron chi connectivity index (χ3n) is 5.18. The third-order valence-corrected chi connectivity index (χ3v) is 5.18. The molecule has 0 spiro atoms. The van der Waals surface area contributed by atoms with E-state index in [-0.39, 0.29) is 5.91 Å². The first-order chi connectivity index (χ1) is 13.2. The molecule has 1 aromatic heterocycles. The summed E-state index contributed by atoms with van der Waals surface area (Å²) in [5.41, 5.74) is 0. The van der Waals surface area contributed by atoms with Gasteiger partial charge in [0.1, 0.15) is 0 Å². The molecule has 0 atom stereocenters. The van der Waals surface area contributed by atoms with Crippen molar-refractivity contribution in [1.82, 2.24) is 30.2 Å². The summed E-state index contributed by atoms with van der Waals surface area (Å²) in [5.74, 6) is 2.29. The van der Waals surface area contributed by atoms with E-state index < -0.39 is 0 Å². The van der Waals surface area contributed by atoms with Gasteiger partial charge in [0.15, 0.2) is 11.8 Å². The van der Waals surface area contributed by atoms with E-state index >= 15 is 0 Å². The lowest BCUT2D eigenvalue weighted by Gasteiger charge is -2.36. The van der Waals surface area contributed by atoms with Crippen molar-refractivity contribution >= 4 is 11.9 Å². The highest BCUT2D eigenvalue weighted by Gasteiger charge is 2.23. The van der Waals surface area contributed by atoms with Gasteiger partial charge in [-0.1, -0.05) is 18.0 Å². The van der Waals surface area contributed by atoms with Crippen molar-refractivity contribution in [3.05, 3.63) is 11.7 Å². The predicted octanol–water partition coefficient (Wildman–Crippen LogP) is 0.474. The van der Waals surface area contributed by atoms with Gasteiger partial charge in [-0.15, -0.1) is 0 Å². The topological polar surface area (TPSA) is 90.1 Å². The Morgan fingerprint density at radius 2 is 1.78 bits per heavy atom. The van der Waals surface area contributed by atoms with Gasteiger partial charge in [0, 0.05) is 53.2 Å². The van der Waals surface area contributed by atoms with Crippen molar-refractivity contribution in [3.63, 3.8) is 0 Å². The number of carbonyl (C=O) groups is 1. The maximum atomic E-state index is 12.6. The largest absolute Gasteiger partial charge is 0.349 e. The van der Waals surface area contributed by atoms with Crippen LogP contribution in [0.3, 0.4) is 0 Å². The second kappa shape index (κ2) is 9.68. The van der Waals surface area contributed by atoms with Crippen LogP contribution in [-0.2, 0) is 11.3 Å². The van der Waals surface area contributed by atoms with E-state index in [0.717, 1.165) is 58.1 Å². The Bertz CT molecular complexity index is 629. The minimum absolute atomic E-state index is 0.278. The smallest absolute Gasteiger partial charge is 0.236 e. The Morgan fingerprint density at radius 3 is 2.37 bits per heavy atom. The lowest BCUT2D eigenvalue weighted by molar-refractivity contribution is -0.132. The molecule has 9 heteroatoms. The molecule has 0 aromatic carbocycles. The van der Waals surface area contributed by atoms with E-state index in [2.05, 4.69) is 30.2 Å². The summed E-state index contributed by atoms with van der Waals surface area (Å²) in [4.78, 5) is 27.6. The number of piperazine rings is 1. The molecule has 2 saturated heterocycles. The van der Waals surface area contributed by atoms with Crippen LogP contribution in [0.2, 0.25) is 0 Å². The Labute approximate surface area is 160 Å². The standard InChI is InChI=1S/C18H31N7O2/c1-15-21-16(22-27-15)13-20-18(19-2)25-11-9-23(10-12-25)14-17(26)24-7-5-3-4-6-8-24/h3-14H2,1-2H3,(H,19,20). The number of rotatable bonds is 4. The lowest BCUT2D eigenvalue weighted by Crippen LogP contribution is -2.54. The highest BCUT2D eigenvalue weighted by atomic mass is 16.5. The van der Waals surface area contributed by atoms with E-state index in [4.69, 9.17) is 4.52 Å². The van der Waals surface area contributed by atoms with Crippen LogP contribution in [0, 0.1) is 6.92 Å². The molecule has 150 valence electrons. The van der Waals surface area contributed by atoms with Crippen molar-refractivity contribution in [1.29, 1.82) is 0 Å². The number of nitrogens with one attached hydrogen (secondary N) is 1. The zero-order valence-electron chi connectivity index (χ0n) is 16.5. The molecule has 3 rings (SSSR count). The van der Waals surface area contributed by atoms with Crippen LogP contribution in [-0.4, -0.2) is 89.6 Å². The van der Waals surface area contributed by atoms with Crippen LogP contribution < -0.4 is 5.32 Å². The van der Waals surface area contributed by atoms with E-state index in [1.807, 2.05) is 4.90 Å². The number of aryl methyl sites for hydroxylation is 1. The Morgan fingerprint density at radius 1 is 1.07 bits per heavy atom. The van der Waals surface area contributed by atoms with Crippen molar-refractivity contribution in [2.45, 2.75) is 39.2 Å². The number of aliphatic imine (C=N–C) groups is 1. The van der Waals surface area contributed by atoms with Gasteiger partial charge in [-0.2, -0.15) is 4.98 Å². The molecule has 0 aliphatic carbocycles. The summed E-state index contributed by atoms with van der Waals surface area (Å²) in [6.45, 7) is 8.05. The molecule has 1 N–H and O–H groups in total. The molecule has 27 heavy (non-hydrogen) atoms. The normalized spacial score (nSPS) is 19.9. The van der Waals surface area contributed by atoms with Gasteiger partial charge in [-0.05, 0) is 12.8 Å². The van der Waals surface area contributed by atoms with Gasteiger partial charge in [0.25, 0.3) is 0 Å². The van der Waals surface area contributed by atoms with Gasteiger partial charge < -0.3 is 19.6 Å². The first-order valence-electron chi connectivity index (χ1n) is 9.90. The lowest BCUT2D eigenvalue weighted by atomic mass is 10.2. The predicted molar refractivity (Wildman–Crippen MR) is 102 cm³/mol. The molecule has 0 bridgehead atoms. The summed E-state index contributed by atoms with van der Waals surface area (Å²) in [5, 5.41) is 7.17. The fourth-order valence-corrected chi connectivity index (χ4v) is 3.63. The zero-order chi connectivity index (χ0) is 19.1. The SMILES string of the molecule is CN=C(NCc1noc(C)n1)N1CCN(CC(=O)N2CCCCCC2)CC1. The summed E-state index contributed by atoms with van der Waals surface area (Å²) in [6.07, 6.45) is 4.78. The molecule has 2 fully saturated rings. The molecular weight excluding hydrogens is 346 g/mol. The average Bonchev–Trinajstić information content (AvgIpc) is 2.92. The first-order valence-corrected chi connectivity index (χ1v) is 9.90. The van der Waals surface area contributed by atoms with Crippen LogP contribution in [0.1, 0.15) is 37.4 Å². The number of guanidine groups is 1. The van der Waals surface area contributed by atoms with E-state index in [0.29, 0.717) is 24.8 Å². The van der Waals surface area contributed by atoms with Crippen LogP contribution in [0.4, 0.5) is 0 Å². The fourth-order valence-electron chi connectivity index (χ4n) is 3.63. The molecule has 0 saturated carbocycles. The van der Waals surface area contributed by atoms with Gasteiger partial charge >= 0.3 is 0 Å². The monoisotopic (exact) mass is 377 g/mol. The van der Waals surface area contributed by atoms with E-state index in [1.54, 1.807) is 14.0 Å². The van der Waals surface area contributed by atoms with E-state index in [9.17, 15) is 4.79 Å². The van der Waals surface area contributed by atoms with Crippen molar-refractivity contribution in [2.24, 2.45) is 4.99 Å². The Balaban J connectivity index is 1.42. The summed E-state index contributed by atoms with van der Waals surface area (Å²) >= 11 is 0. The average molecular weight is 377 g/mol. The molecule has 0 unspecified atom stereocenters. The van der Waals surface area contributed by atoms with Gasteiger partial charge in [0.05, 0.1) is 13.1 Å². The first kappa shape index (κ1) is 19.6. The third kappa shape index (κ3) is 5.66. The maximum Gasteiger partial charge on any atom is 0.236 e. The Kier molecular flexibility index (Phi) is 7.03. The Hall–Kier alpha value is -2.16. The van der Waals surface area contributed by atoms with Gasteiger partial charge in [-0.25, -0.2) is 0 Å². The molecule has 3 heterocycles. The highest BCUT2D eigenvalue weighted by Crippen LogP contribution is 2.11. The number of amides is 1. The fraction of sp³-hybridized carbons (Fsp3) is 0.778. The number of aromatic nitrogens is 2. The number of hydrogen-bond donors (Lipinski definition) is 1. The highest BCUT2D eigenvalue weighted by molar-refractivity contribution is 5.80. The molecule has 9 nitrogen and oxygen atoms in total. The van der Waals surface area contributed by atoms with Crippen LogP contribution >= 0.6 is 0 Å². The molecule has 1 amide bonds. The minimum atomic E-state index is 0.278. The number of likely N-dealkylation sites (tertiary alicyclic amines) is 1. The second-order valence-corrected chi connectivity index (χ2v) is 7.19. The van der Waals surface area contributed by atoms with Gasteiger partial charge in [0.2, 0.25) is 11.8 Å². The van der Waals surface area contributed by atoms with Gasteiger partial charge in [-0.3, -0.25) is 14.7 Å². The maximum absolute atomic E-state index is 12.6. The molecule has 1 aromatic rings. The minimum Gasteiger partial charge on any atom is -0.349 e. The summed E-state index contributed by atoms with van der Waals surface area (Å²) in [7, 11) is 1.78. The van der Waals surface area contributed by atoms with Crippen molar-refractivity contribution < 1.29 is 9.32 Å². The van der Waals surface area contributed by atoms with Crippen molar-refractivity contribution in [3.8, 4) is 0 Å². The quantitative estimate of drug-likeness (QED) is 0.603. The molecule has 2 aliphatic heterocycles. The second-order valence-electron chi connectivity index (χ2n) is 7.19. The van der Waals surface area contributed by atoms with E-state index in [1.165, 1.54) is 12.8 Å². The van der Waals surface area contributed by atoms with Crippen molar-refractivity contribution in [2.75, 3.05) is 52.9 Å². The number of carbonyl (C=O) groups excluding carboxylic acids is 1. The van der Waals surface area contributed by atoms with Crippen LogP contribution in [0.15, 0.2) is 9.52 Å². The van der Waals surface area contributed by atoms with Crippen LogP contribution in [0.25, 0.3) is 0 Å². The van der Waals surface area contributed by atoms with Crippen LogP contribution in [0.5, 0.6) is 0 Å².